The number of hydrogen-bond donors (Lipinski definition) is 5. The van der Waals surface area contributed by atoms with E-state index in [0.717, 1.165) is 23.6 Å². The van der Waals surface area contributed by atoms with Crippen LogP contribution in [0.25, 0.3) is 10.8 Å². The monoisotopic (exact) mass is 833 g/mol. The number of carbonyl (C=O) groups is 1. The molecule has 0 heterocycles. The number of aromatic hydroxyl groups is 2. The van der Waals surface area contributed by atoms with Crippen LogP contribution in [0.5, 0.6) is 11.5 Å². The summed E-state index contributed by atoms with van der Waals surface area (Å²) < 4.78 is 29.6. The molecule has 11 heteroatoms. The van der Waals surface area contributed by atoms with Crippen molar-refractivity contribution in [3.8, 4) is 11.5 Å². The summed E-state index contributed by atoms with van der Waals surface area (Å²) in [7, 11) is -3.99. The summed E-state index contributed by atoms with van der Waals surface area (Å²) in [5, 5.41) is 37.4. The normalized spacial score (nSPS) is 11.6. The van der Waals surface area contributed by atoms with Gasteiger partial charge in [-0.25, -0.2) is 8.42 Å². The fourth-order valence-electron chi connectivity index (χ4n) is 7.29. The Morgan fingerprint density at radius 1 is 0.617 bits per heavy atom. The van der Waals surface area contributed by atoms with Crippen LogP contribution in [-0.4, -0.2) is 31.1 Å². The SMILES string of the molecule is CCCCCCCCCCCCCCCCCCNC(=O)CCc1cc(Nc2ccccc2NS(=O)(=O)c2ccc(N=Nc3c(O)ccc4ccccc34)cc2)ccc1O. The molecule has 0 fully saturated rings. The molecule has 0 bridgehead atoms. The Bertz CT molecular complexity index is 2230. The van der Waals surface area contributed by atoms with Gasteiger partial charge in [0.15, 0.2) is 0 Å². The number of carbonyl (C=O) groups excluding carboxylic acids is 1. The lowest BCUT2D eigenvalue weighted by atomic mass is 10.0. The van der Waals surface area contributed by atoms with Crippen molar-refractivity contribution in [3.05, 3.63) is 109 Å². The Morgan fingerprint density at radius 3 is 1.87 bits per heavy atom. The van der Waals surface area contributed by atoms with Crippen LogP contribution >= 0.6 is 0 Å². The van der Waals surface area contributed by atoms with Crippen molar-refractivity contribution in [2.24, 2.45) is 10.2 Å². The average molecular weight is 834 g/mol. The molecule has 5 N–H and O–H groups in total. The van der Waals surface area contributed by atoms with Gasteiger partial charge in [-0.3, -0.25) is 9.52 Å². The maximum absolute atomic E-state index is 13.5. The number of anilines is 3. The third-order valence-electron chi connectivity index (χ3n) is 10.8. The summed E-state index contributed by atoms with van der Waals surface area (Å²) in [5.41, 5.74) is 2.83. The van der Waals surface area contributed by atoms with Crippen molar-refractivity contribution in [2.45, 2.75) is 127 Å². The van der Waals surface area contributed by atoms with Crippen LogP contribution in [-0.2, 0) is 21.2 Å². The van der Waals surface area contributed by atoms with Gasteiger partial charge in [0.05, 0.1) is 22.0 Å². The molecule has 60 heavy (non-hydrogen) atoms. The zero-order valence-electron chi connectivity index (χ0n) is 35.2. The summed E-state index contributed by atoms with van der Waals surface area (Å²) in [6.45, 7) is 2.93. The summed E-state index contributed by atoms with van der Waals surface area (Å²) >= 11 is 0. The number of rotatable bonds is 27. The number of azo groups is 1. The van der Waals surface area contributed by atoms with Crippen LogP contribution in [0.3, 0.4) is 0 Å². The molecular weight excluding hydrogens is 771 g/mol. The number of unbranched alkanes of at least 4 members (excludes halogenated alkanes) is 15. The highest BCUT2D eigenvalue weighted by Crippen LogP contribution is 2.36. The van der Waals surface area contributed by atoms with Crippen LogP contribution in [0.15, 0.2) is 118 Å². The van der Waals surface area contributed by atoms with Crippen molar-refractivity contribution in [3.63, 3.8) is 0 Å². The van der Waals surface area contributed by atoms with E-state index in [1.165, 1.54) is 102 Å². The molecule has 320 valence electrons. The summed E-state index contributed by atoms with van der Waals surface area (Å²) in [5.74, 6) is 0.0424. The van der Waals surface area contributed by atoms with Gasteiger partial charge in [0.1, 0.15) is 17.2 Å². The third kappa shape index (κ3) is 15.0. The molecule has 10 nitrogen and oxygen atoms in total. The number of fused-ring (bicyclic) bond motifs is 1. The Hall–Kier alpha value is -5.42. The number of phenols is 2. The summed E-state index contributed by atoms with van der Waals surface area (Å²) in [6, 6.07) is 28.8. The van der Waals surface area contributed by atoms with E-state index in [9.17, 15) is 23.4 Å². The predicted molar refractivity (Wildman–Crippen MR) is 246 cm³/mol. The molecule has 5 aromatic rings. The fourth-order valence-corrected chi connectivity index (χ4v) is 8.37. The third-order valence-corrected chi connectivity index (χ3v) is 12.2. The molecule has 5 rings (SSSR count). The zero-order chi connectivity index (χ0) is 42.4. The smallest absolute Gasteiger partial charge is 0.261 e. The van der Waals surface area contributed by atoms with Crippen molar-refractivity contribution < 1.29 is 23.4 Å². The second kappa shape index (κ2) is 24.6. The standard InChI is InChI=1S/C49H63N5O5S/c1-2-3-4-5-6-7-8-9-10-11-12-13-14-15-16-21-36-50-48(57)35-27-39-37-41(30-34-46(39)55)51-44-24-19-20-25-45(44)54-60(58,59)42-31-28-40(29-32-42)52-53-49-43-23-18-17-22-38(43)26-33-47(49)56/h17-20,22-26,28-34,37,51,54-56H,2-16,21,27,35-36H2,1H3,(H,50,57). The number of aryl methyl sites for hydroxylation is 1. The van der Waals surface area contributed by atoms with Crippen LogP contribution in [0.4, 0.5) is 28.4 Å². The molecule has 0 aliphatic rings. The van der Waals surface area contributed by atoms with Crippen molar-refractivity contribution >= 4 is 55.1 Å². The quantitative estimate of drug-likeness (QED) is 0.0202. The molecular formula is C49H63N5O5S. The first kappa shape index (κ1) is 45.7. The molecule has 5 aromatic carbocycles. The van der Waals surface area contributed by atoms with Gasteiger partial charge in [-0.05, 0) is 84.5 Å². The highest BCUT2D eigenvalue weighted by Gasteiger charge is 2.17. The number of nitrogens with one attached hydrogen (secondary N) is 3. The van der Waals surface area contributed by atoms with E-state index in [1.807, 2.05) is 24.3 Å². The number of sulfonamides is 1. The minimum Gasteiger partial charge on any atom is -0.508 e. The molecule has 0 unspecified atom stereocenters. The largest absolute Gasteiger partial charge is 0.508 e. The van der Waals surface area contributed by atoms with Crippen LogP contribution in [0, 0.1) is 0 Å². The first-order chi connectivity index (χ1) is 29.2. The molecule has 0 aromatic heterocycles. The van der Waals surface area contributed by atoms with Gasteiger partial charge < -0.3 is 20.8 Å². The Morgan fingerprint density at radius 2 is 1.20 bits per heavy atom. The van der Waals surface area contributed by atoms with E-state index < -0.39 is 10.0 Å². The van der Waals surface area contributed by atoms with E-state index in [-0.39, 0.29) is 28.7 Å². The van der Waals surface area contributed by atoms with Crippen LogP contribution < -0.4 is 15.4 Å². The van der Waals surface area contributed by atoms with E-state index in [1.54, 1.807) is 66.7 Å². The summed E-state index contributed by atoms with van der Waals surface area (Å²) in [6.07, 6.45) is 21.6. The van der Waals surface area contributed by atoms with Crippen molar-refractivity contribution in [1.82, 2.24) is 5.32 Å². The van der Waals surface area contributed by atoms with Gasteiger partial charge in [-0.2, -0.15) is 5.11 Å². The minimum absolute atomic E-state index is 0.00455. The molecule has 0 aliphatic heterocycles. The number of benzene rings is 5. The van der Waals surface area contributed by atoms with Gasteiger partial charge in [0.2, 0.25) is 5.91 Å². The lowest BCUT2D eigenvalue weighted by Gasteiger charge is -2.15. The molecule has 1 amide bonds. The van der Waals surface area contributed by atoms with Crippen molar-refractivity contribution in [2.75, 3.05) is 16.6 Å². The number of amides is 1. The van der Waals surface area contributed by atoms with Gasteiger partial charge in [0.25, 0.3) is 10.0 Å². The van der Waals surface area contributed by atoms with Crippen molar-refractivity contribution in [1.29, 1.82) is 0 Å². The first-order valence-corrected chi connectivity index (χ1v) is 23.4. The lowest BCUT2D eigenvalue weighted by molar-refractivity contribution is -0.121. The molecule has 0 spiro atoms. The first-order valence-electron chi connectivity index (χ1n) is 21.9. The summed E-state index contributed by atoms with van der Waals surface area (Å²) in [4.78, 5) is 12.7. The van der Waals surface area contributed by atoms with Crippen LogP contribution in [0.1, 0.15) is 122 Å². The number of hydrogen-bond acceptors (Lipinski definition) is 8. The zero-order valence-corrected chi connectivity index (χ0v) is 36.0. The number of para-hydroxylation sites is 2. The molecule has 0 radical (unpaired) electrons. The topological polar surface area (TPSA) is 152 Å². The highest BCUT2D eigenvalue weighted by atomic mass is 32.2. The molecule has 0 saturated carbocycles. The van der Waals surface area contributed by atoms with E-state index in [2.05, 4.69) is 32.5 Å². The molecule has 0 aliphatic carbocycles. The predicted octanol–water partition coefficient (Wildman–Crippen LogP) is 13.5. The average Bonchev–Trinajstić information content (AvgIpc) is 3.25. The fraction of sp³-hybridized carbons (Fsp3) is 0.408. The molecule has 0 atom stereocenters. The number of nitrogens with zero attached hydrogens (tertiary/aromatic N) is 2. The Kier molecular flexibility index (Phi) is 18.7. The van der Waals surface area contributed by atoms with Crippen LogP contribution in [0.2, 0.25) is 0 Å². The maximum atomic E-state index is 13.5. The van der Waals surface area contributed by atoms with Gasteiger partial charge >= 0.3 is 0 Å². The van der Waals surface area contributed by atoms with Gasteiger partial charge in [0, 0.05) is 24.0 Å². The second-order valence-corrected chi connectivity index (χ2v) is 17.3. The molecule has 0 saturated heterocycles. The number of phenolic OH excluding ortho intramolecular Hbond substituents is 2. The van der Waals surface area contributed by atoms with Gasteiger partial charge in [-0.15, -0.1) is 5.11 Å². The maximum Gasteiger partial charge on any atom is 0.261 e. The van der Waals surface area contributed by atoms with E-state index in [4.69, 9.17) is 0 Å². The Balaban J connectivity index is 1.02. The second-order valence-electron chi connectivity index (χ2n) is 15.6. The van der Waals surface area contributed by atoms with Gasteiger partial charge in [-0.1, -0.05) is 146 Å². The highest BCUT2D eigenvalue weighted by molar-refractivity contribution is 7.92. The van der Waals surface area contributed by atoms with E-state index >= 15 is 0 Å². The van der Waals surface area contributed by atoms with E-state index in [0.29, 0.717) is 47.0 Å². The lowest BCUT2D eigenvalue weighted by Crippen LogP contribution is -2.24. The Labute approximate surface area is 357 Å². The minimum atomic E-state index is -3.99.